The van der Waals surface area contributed by atoms with Crippen LogP contribution in [0.2, 0.25) is 0 Å². The summed E-state index contributed by atoms with van der Waals surface area (Å²) in [5.74, 6) is -1.46. The van der Waals surface area contributed by atoms with Gasteiger partial charge in [0.05, 0.1) is 11.1 Å². The fourth-order valence-electron chi connectivity index (χ4n) is 1.17. The van der Waals surface area contributed by atoms with Crippen LogP contribution in [-0.2, 0) is 4.74 Å². The quantitative estimate of drug-likeness (QED) is 0.637. The number of carbonyl (C=O) groups excluding carboxylic acids is 2. The Morgan fingerprint density at radius 2 is 1.33 bits per heavy atom. The van der Waals surface area contributed by atoms with E-state index in [9.17, 15) is 9.59 Å². The Balaban J connectivity index is 0.00000162. The van der Waals surface area contributed by atoms with Crippen LogP contribution >= 0.6 is 0 Å². The van der Waals surface area contributed by atoms with E-state index < -0.39 is 11.9 Å². The first-order chi connectivity index (χ1) is 8.27. The van der Waals surface area contributed by atoms with Gasteiger partial charge in [0.25, 0.3) is 0 Å². The van der Waals surface area contributed by atoms with Crippen LogP contribution in [0.25, 0.3) is 0 Å². The first-order valence-corrected chi connectivity index (χ1v) is 4.84. The molecule has 2 heterocycles. The van der Waals surface area contributed by atoms with Crippen molar-refractivity contribution in [3.8, 4) is 0 Å². The largest absolute Gasteiger partial charge is 0.386 e. The van der Waals surface area contributed by atoms with E-state index in [1.165, 1.54) is 36.9 Å². The first kappa shape index (κ1) is 13.5. The Hall–Kier alpha value is -2.60. The van der Waals surface area contributed by atoms with Crippen LogP contribution in [-0.4, -0.2) is 21.9 Å². The molecule has 0 radical (unpaired) electrons. The number of hydrogen-bond acceptors (Lipinski definition) is 6. The van der Waals surface area contributed by atoms with Gasteiger partial charge in [-0.2, -0.15) is 0 Å². The van der Waals surface area contributed by atoms with Crippen LogP contribution < -0.4 is 6.15 Å². The Labute approximate surface area is 103 Å². The number of hydrogen-bond donors (Lipinski definition) is 1. The summed E-state index contributed by atoms with van der Waals surface area (Å²) in [6, 6.07) is 6.22. The molecule has 0 spiro atoms. The molecule has 18 heavy (non-hydrogen) atoms. The van der Waals surface area contributed by atoms with Gasteiger partial charge in [0.15, 0.2) is 0 Å². The Morgan fingerprint density at radius 3 is 1.67 bits per heavy atom. The fourth-order valence-corrected chi connectivity index (χ4v) is 1.17. The van der Waals surface area contributed by atoms with Gasteiger partial charge in [0, 0.05) is 24.8 Å². The van der Waals surface area contributed by atoms with Gasteiger partial charge in [-0.3, -0.25) is 9.97 Å². The third-order valence-corrected chi connectivity index (χ3v) is 1.98. The predicted octanol–water partition coefficient (Wildman–Crippen LogP) is 1.64. The Kier molecular flexibility index (Phi) is 4.65. The molecular formula is C12H11N3O3. The summed E-state index contributed by atoms with van der Waals surface area (Å²) in [6.45, 7) is 0. The van der Waals surface area contributed by atoms with Crippen molar-refractivity contribution < 1.29 is 14.3 Å². The van der Waals surface area contributed by atoms with Gasteiger partial charge in [0.1, 0.15) is 0 Å². The molecule has 0 aromatic carbocycles. The van der Waals surface area contributed by atoms with Crippen molar-refractivity contribution in [2.45, 2.75) is 0 Å². The molecule has 0 aliphatic heterocycles. The average Bonchev–Trinajstić information content (AvgIpc) is 2.40. The minimum Gasteiger partial charge on any atom is -0.386 e. The number of carbonyl (C=O) groups is 2. The van der Waals surface area contributed by atoms with E-state index in [1.54, 1.807) is 12.1 Å². The molecule has 0 saturated carbocycles. The molecule has 3 N–H and O–H groups in total. The van der Waals surface area contributed by atoms with E-state index in [2.05, 4.69) is 14.7 Å². The van der Waals surface area contributed by atoms with Crippen LogP contribution in [0.4, 0.5) is 0 Å². The monoisotopic (exact) mass is 245 g/mol. The minimum absolute atomic E-state index is 0. The van der Waals surface area contributed by atoms with Gasteiger partial charge in [-0.25, -0.2) is 9.59 Å². The Bertz CT molecular complexity index is 479. The maximum Gasteiger partial charge on any atom is 0.347 e. The zero-order valence-corrected chi connectivity index (χ0v) is 9.45. The molecule has 0 saturated heterocycles. The van der Waals surface area contributed by atoms with Crippen molar-refractivity contribution in [3.05, 3.63) is 60.2 Å². The molecule has 6 heteroatoms. The number of pyridine rings is 2. The van der Waals surface area contributed by atoms with Crippen molar-refractivity contribution in [2.24, 2.45) is 0 Å². The van der Waals surface area contributed by atoms with E-state index >= 15 is 0 Å². The molecule has 0 aliphatic carbocycles. The maximum atomic E-state index is 11.5. The van der Waals surface area contributed by atoms with E-state index in [0.29, 0.717) is 0 Å². The Morgan fingerprint density at radius 1 is 0.889 bits per heavy atom. The lowest BCUT2D eigenvalue weighted by Crippen LogP contribution is -2.13. The highest BCUT2D eigenvalue weighted by Crippen LogP contribution is 2.04. The standard InChI is InChI=1S/C12H8N2O3.H3N/c15-11(9-3-1-5-13-7-9)17-12(16)10-4-2-6-14-8-10;/h1-8H;1H3. The van der Waals surface area contributed by atoms with Crippen molar-refractivity contribution in [3.63, 3.8) is 0 Å². The van der Waals surface area contributed by atoms with Gasteiger partial charge in [-0.15, -0.1) is 0 Å². The van der Waals surface area contributed by atoms with Gasteiger partial charge >= 0.3 is 11.9 Å². The zero-order chi connectivity index (χ0) is 12.1. The van der Waals surface area contributed by atoms with Crippen molar-refractivity contribution >= 4 is 11.9 Å². The molecule has 0 atom stereocenters. The van der Waals surface area contributed by atoms with Crippen molar-refractivity contribution in [1.29, 1.82) is 0 Å². The highest BCUT2D eigenvalue weighted by molar-refractivity contribution is 6.02. The third kappa shape index (κ3) is 3.19. The van der Waals surface area contributed by atoms with Gasteiger partial charge in [0.2, 0.25) is 0 Å². The van der Waals surface area contributed by atoms with Crippen LogP contribution in [0.3, 0.4) is 0 Å². The van der Waals surface area contributed by atoms with E-state index in [4.69, 9.17) is 0 Å². The van der Waals surface area contributed by atoms with E-state index in [0.717, 1.165) is 0 Å². The molecule has 0 amide bonds. The third-order valence-electron chi connectivity index (χ3n) is 1.98. The number of nitrogens with zero attached hydrogens (tertiary/aromatic N) is 2. The number of rotatable bonds is 2. The van der Waals surface area contributed by atoms with Crippen molar-refractivity contribution in [1.82, 2.24) is 16.1 Å². The lowest BCUT2D eigenvalue weighted by Gasteiger charge is -2.01. The lowest BCUT2D eigenvalue weighted by molar-refractivity contribution is 0.0397. The normalized spacial score (nSPS) is 9.11. The predicted molar refractivity (Wildman–Crippen MR) is 63.2 cm³/mol. The summed E-state index contributed by atoms with van der Waals surface area (Å²) in [5.41, 5.74) is 0.453. The summed E-state index contributed by atoms with van der Waals surface area (Å²) in [7, 11) is 0. The minimum atomic E-state index is -0.730. The van der Waals surface area contributed by atoms with Gasteiger partial charge < -0.3 is 10.9 Å². The lowest BCUT2D eigenvalue weighted by atomic mass is 10.3. The van der Waals surface area contributed by atoms with Crippen LogP contribution in [0, 0.1) is 0 Å². The molecule has 2 aromatic heterocycles. The second-order valence-electron chi connectivity index (χ2n) is 3.16. The number of aromatic nitrogens is 2. The van der Waals surface area contributed by atoms with E-state index in [1.807, 2.05) is 0 Å². The molecule has 2 aromatic rings. The molecular weight excluding hydrogens is 234 g/mol. The van der Waals surface area contributed by atoms with Crippen LogP contribution in [0.15, 0.2) is 49.1 Å². The molecule has 0 bridgehead atoms. The summed E-state index contributed by atoms with van der Waals surface area (Å²) in [4.78, 5) is 30.6. The highest BCUT2D eigenvalue weighted by Gasteiger charge is 2.14. The molecule has 0 unspecified atom stereocenters. The molecule has 6 nitrogen and oxygen atoms in total. The van der Waals surface area contributed by atoms with Crippen LogP contribution in [0.1, 0.15) is 20.7 Å². The molecule has 0 aliphatic rings. The topological polar surface area (TPSA) is 104 Å². The fraction of sp³-hybridized carbons (Fsp3) is 0. The van der Waals surface area contributed by atoms with Gasteiger partial charge in [-0.05, 0) is 24.3 Å². The summed E-state index contributed by atoms with van der Waals surface area (Å²) >= 11 is 0. The zero-order valence-electron chi connectivity index (χ0n) is 9.45. The summed E-state index contributed by atoms with van der Waals surface area (Å²) < 4.78 is 4.66. The second-order valence-corrected chi connectivity index (χ2v) is 3.16. The smallest absolute Gasteiger partial charge is 0.347 e. The maximum absolute atomic E-state index is 11.5. The average molecular weight is 245 g/mol. The molecule has 0 fully saturated rings. The number of esters is 2. The van der Waals surface area contributed by atoms with Crippen LogP contribution in [0.5, 0.6) is 0 Å². The van der Waals surface area contributed by atoms with E-state index in [-0.39, 0.29) is 17.3 Å². The van der Waals surface area contributed by atoms with Crippen molar-refractivity contribution in [2.75, 3.05) is 0 Å². The summed E-state index contributed by atoms with van der Waals surface area (Å²) in [6.07, 6.45) is 5.72. The van der Waals surface area contributed by atoms with Gasteiger partial charge in [-0.1, -0.05) is 0 Å². The molecule has 2 rings (SSSR count). The SMILES string of the molecule is N.O=C(OC(=O)c1cccnc1)c1cccnc1. The highest BCUT2D eigenvalue weighted by atomic mass is 16.6. The summed E-state index contributed by atoms with van der Waals surface area (Å²) in [5, 5.41) is 0. The second kappa shape index (κ2) is 6.21. The first-order valence-electron chi connectivity index (χ1n) is 4.84. The number of ether oxygens (including phenoxy) is 1. The molecule has 92 valence electrons.